The average Bonchev–Trinajstić information content (AvgIpc) is 3.29. The number of hydrogen-bond donors (Lipinski definition) is 1. The molecule has 0 spiro atoms. The Bertz CT molecular complexity index is 990. The lowest BCUT2D eigenvalue weighted by molar-refractivity contribution is -0.141. The first-order valence-corrected chi connectivity index (χ1v) is 11.1. The first-order chi connectivity index (χ1) is 13.4. The smallest absolute Gasteiger partial charge is 0.268 e. The van der Waals surface area contributed by atoms with Crippen molar-refractivity contribution in [3.63, 3.8) is 0 Å². The fourth-order valence-corrected chi connectivity index (χ4v) is 5.06. The standard InChI is InChI=1S/C18H26F3N5O2S/c1-5-25-13(4)17(12(3)23-25)29(27,28)22-9-11(2)10-26-15(14-6-7-14)8-16(24-26)18(19,20)21/h8,11,14,22H,5-7,9-10H2,1-4H3/t11-/m1/s1. The highest BCUT2D eigenvalue weighted by Crippen LogP contribution is 2.42. The molecular weight excluding hydrogens is 407 g/mol. The van der Waals surface area contributed by atoms with Crippen LogP contribution >= 0.6 is 0 Å². The van der Waals surface area contributed by atoms with Gasteiger partial charge in [0.15, 0.2) is 5.69 Å². The van der Waals surface area contributed by atoms with Crippen LogP contribution < -0.4 is 4.72 Å². The van der Waals surface area contributed by atoms with Gasteiger partial charge in [0.2, 0.25) is 10.0 Å². The number of sulfonamides is 1. The van der Waals surface area contributed by atoms with Crippen LogP contribution in [0.3, 0.4) is 0 Å². The molecule has 1 atom stereocenters. The van der Waals surface area contributed by atoms with E-state index in [9.17, 15) is 21.6 Å². The lowest BCUT2D eigenvalue weighted by atomic mass is 10.2. The first kappa shape index (κ1) is 21.8. The quantitative estimate of drug-likeness (QED) is 0.693. The monoisotopic (exact) mass is 433 g/mol. The summed E-state index contributed by atoms with van der Waals surface area (Å²) in [4.78, 5) is 0.156. The van der Waals surface area contributed by atoms with E-state index in [2.05, 4.69) is 14.9 Å². The topological polar surface area (TPSA) is 81.8 Å². The lowest BCUT2D eigenvalue weighted by Crippen LogP contribution is -2.31. The maximum absolute atomic E-state index is 13.0. The van der Waals surface area contributed by atoms with Crippen molar-refractivity contribution in [2.45, 2.75) is 70.6 Å². The van der Waals surface area contributed by atoms with Crippen molar-refractivity contribution in [3.8, 4) is 0 Å². The van der Waals surface area contributed by atoms with Crippen LogP contribution in [0.4, 0.5) is 13.2 Å². The number of alkyl halides is 3. The second-order valence-electron chi connectivity index (χ2n) is 7.68. The van der Waals surface area contributed by atoms with Gasteiger partial charge in [-0.1, -0.05) is 6.92 Å². The summed E-state index contributed by atoms with van der Waals surface area (Å²) in [5, 5.41) is 7.96. The minimum absolute atomic E-state index is 0.0871. The Kier molecular flexibility index (Phi) is 5.83. The van der Waals surface area contributed by atoms with Crippen molar-refractivity contribution >= 4 is 10.0 Å². The van der Waals surface area contributed by atoms with Gasteiger partial charge in [-0.15, -0.1) is 0 Å². The number of halogens is 3. The molecule has 7 nitrogen and oxygen atoms in total. The van der Waals surface area contributed by atoms with Crippen LogP contribution in [0, 0.1) is 19.8 Å². The van der Waals surface area contributed by atoms with Gasteiger partial charge < -0.3 is 0 Å². The highest BCUT2D eigenvalue weighted by Gasteiger charge is 2.38. The highest BCUT2D eigenvalue weighted by molar-refractivity contribution is 7.89. The lowest BCUT2D eigenvalue weighted by Gasteiger charge is -2.15. The van der Waals surface area contributed by atoms with Crippen LogP contribution in [-0.2, 0) is 29.3 Å². The number of aromatic nitrogens is 4. The Morgan fingerprint density at radius 2 is 1.90 bits per heavy atom. The zero-order valence-electron chi connectivity index (χ0n) is 16.9. The summed E-state index contributed by atoms with van der Waals surface area (Å²) >= 11 is 0. The summed E-state index contributed by atoms with van der Waals surface area (Å²) in [7, 11) is -3.77. The Balaban J connectivity index is 1.71. The maximum Gasteiger partial charge on any atom is 0.435 e. The van der Waals surface area contributed by atoms with Crippen molar-refractivity contribution in [1.82, 2.24) is 24.3 Å². The van der Waals surface area contributed by atoms with E-state index in [0.29, 0.717) is 23.6 Å². The molecule has 1 saturated carbocycles. The predicted molar refractivity (Wildman–Crippen MR) is 101 cm³/mol. The van der Waals surface area contributed by atoms with Gasteiger partial charge in [0.25, 0.3) is 0 Å². The van der Waals surface area contributed by atoms with Crippen molar-refractivity contribution in [2.24, 2.45) is 5.92 Å². The van der Waals surface area contributed by atoms with Crippen LogP contribution in [0.1, 0.15) is 55.4 Å². The molecule has 1 aliphatic rings. The van der Waals surface area contributed by atoms with Crippen molar-refractivity contribution in [3.05, 3.63) is 28.8 Å². The fraction of sp³-hybridized carbons (Fsp3) is 0.667. The highest BCUT2D eigenvalue weighted by atomic mass is 32.2. The van der Waals surface area contributed by atoms with E-state index < -0.39 is 21.9 Å². The molecule has 0 saturated heterocycles. The summed E-state index contributed by atoms with van der Waals surface area (Å²) in [5.41, 5.74) is 0.652. The molecule has 0 unspecified atom stereocenters. The minimum Gasteiger partial charge on any atom is -0.268 e. The van der Waals surface area contributed by atoms with Crippen LogP contribution in [0.15, 0.2) is 11.0 Å². The van der Waals surface area contributed by atoms with Crippen molar-refractivity contribution < 1.29 is 21.6 Å². The average molecular weight is 434 g/mol. The van der Waals surface area contributed by atoms with Gasteiger partial charge in [0.05, 0.1) is 11.4 Å². The zero-order valence-corrected chi connectivity index (χ0v) is 17.7. The molecule has 1 N–H and O–H groups in total. The third-order valence-corrected chi connectivity index (χ3v) is 6.76. The Labute approximate surface area is 168 Å². The van der Waals surface area contributed by atoms with E-state index in [1.807, 2.05) is 6.92 Å². The summed E-state index contributed by atoms with van der Waals surface area (Å²) in [6.45, 7) is 7.85. The van der Waals surface area contributed by atoms with Crippen LogP contribution in [-0.4, -0.2) is 34.5 Å². The minimum atomic E-state index is -4.49. The molecule has 0 aliphatic heterocycles. The fourth-order valence-electron chi connectivity index (χ4n) is 3.48. The second kappa shape index (κ2) is 7.75. The van der Waals surface area contributed by atoms with Crippen molar-refractivity contribution in [2.75, 3.05) is 6.54 Å². The molecule has 11 heteroatoms. The van der Waals surface area contributed by atoms with E-state index in [0.717, 1.165) is 18.9 Å². The van der Waals surface area contributed by atoms with Crippen LogP contribution in [0.25, 0.3) is 0 Å². The summed E-state index contributed by atoms with van der Waals surface area (Å²) in [5.74, 6) is -0.141. The molecular formula is C18H26F3N5O2S. The summed E-state index contributed by atoms with van der Waals surface area (Å²) in [6.07, 6.45) is -2.79. The van der Waals surface area contributed by atoms with E-state index in [1.165, 1.54) is 4.68 Å². The molecule has 0 amide bonds. The van der Waals surface area contributed by atoms with Gasteiger partial charge in [-0.05, 0) is 45.6 Å². The second-order valence-corrected chi connectivity index (χ2v) is 9.39. The number of aryl methyl sites for hydroxylation is 2. The SMILES string of the molecule is CCn1nc(C)c(S(=O)(=O)NC[C@@H](C)Cn2nc(C(F)(F)F)cc2C2CC2)c1C. The predicted octanol–water partition coefficient (Wildman–Crippen LogP) is 3.23. The normalized spacial score (nSPS) is 16.4. The Morgan fingerprint density at radius 3 is 2.41 bits per heavy atom. The number of nitrogens with zero attached hydrogens (tertiary/aromatic N) is 4. The third-order valence-electron chi connectivity index (χ3n) is 5.09. The molecule has 0 bridgehead atoms. The Hall–Kier alpha value is -1.88. The third kappa shape index (κ3) is 4.66. The Morgan fingerprint density at radius 1 is 1.24 bits per heavy atom. The van der Waals surface area contributed by atoms with Crippen molar-refractivity contribution in [1.29, 1.82) is 0 Å². The van der Waals surface area contributed by atoms with Gasteiger partial charge in [-0.25, -0.2) is 13.1 Å². The molecule has 0 aromatic carbocycles. The van der Waals surface area contributed by atoms with E-state index >= 15 is 0 Å². The van der Waals surface area contributed by atoms with E-state index in [1.54, 1.807) is 25.5 Å². The van der Waals surface area contributed by atoms with Gasteiger partial charge in [0, 0.05) is 31.2 Å². The molecule has 0 radical (unpaired) electrons. The molecule has 3 rings (SSSR count). The first-order valence-electron chi connectivity index (χ1n) is 9.62. The molecule has 1 fully saturated rings. The van der Waals surface area contributed by atoms with Crippen LogP contribution in [0.2, 0.25) is 0 Å². The van der Waals surface area contributed by atoms with E-state index in [-0.39, 0.29) is 29.8 Å². The molecule has 1 aliphatic carbocycles. The number of rotatable bonds is 8. The van der Waals surface area contributed by atoms with Gasteiger partial charge in [-0.3, -0.25) is 9.36 Å². The molecule has 162 valence electrons. The van der Waals surface area contributed by atoms with Gasteiger partial charge in [0.1, 0.15) is 4.90 Å². The number of nitrogens with one attached hydrogen (secondary N) is 1. The molecule has 2 heterocycles. The van der Waals surface area contributed by atoms with E-state index in [4.69, 9.17) is 0 Å². The summed E-state index contributed by atoms with van der Waals surface area (Å²) in [6, 6.07) is 1.11. The molecule has 2 aromatic rings. The van der Waals surface area contributed by atoms with Gasteiger partial charge >= 0.3 is 6.18 Å². The largest absolute Gasteiger partial charge is 0.435 e. The zero-order chi connectivity index (χ0) is 21.6. The van der Waals surface area contributed by atoms with Crippen LogP contribution in [0.5, 0.6) is 0 Å². The maximum atomic E-state index is 13.0. The molecule has 29 heavy (non-hydrogen) atoms. The summed E-state index contributed by atoms with van der Waals surface area (Å²) < 4.78 is 70.1. The van der Waals surface area contributed by atoms with Gasteiger partial charge in [-0.2, -0.15) is 23.4 Å². The molecule has 2 aromatic heterocycles. The number of hydrogen-bond acceptors (Lipinski definition) is 4.